The van der Waals surface area contributed by atoms with E-state index in [1.807, 2.05) is 41.2 Å². The molecule has 0 spiro atoms. The van der Waals surface area contributed by atoms with E-state index >= 15 is 35.1 Å². The lowest BCUT2D eigenvalue weighted by atomic mass is 9.12. The van der Waals surface area contributed by atoms with E-state index in [0.717, 1.165) is 5.39 Å². The fourth-order valence-corrected chi connectivity index (χ4v) is 6.97. The molecule has 0 saturated heterocycles. The Labute approximate surface area is 336 Å². The SMILES string of the molecule is Fc1c(F)c(F)c([B-](c2c(F)c(F)c(F)c(F)c2F)(c2c(F)c(F)c(F)c(F)c2F)c2c(F)c(F)c(F)c(F)c2F)c(F)c1F.Fc1ccccc1C[n+]1ccc2ccccc2c1. The molecule has 1 aromatic heterocycles. The van der Waals surface area contributed by atoms with Crippen molar-refractivity contribution in [1.29, 1.82) is 0 Å². The van der Waals surface area contributed by atoms with E-state index in [4.69, 9.17) is 0 Å². The maximum atomic E-state index is 15.4. The zero-order valence-corrected chi connectivity index (χ0v) is 30.0. The molecule has 0 aliphatic rings. The number of halogens is 21. The normalized spacial score (nSPS) is 11.6. The summed E-state index contributed by atoms with van der Waals surface area (Å²) in [4.78, 5) is 0. The number of nitrogens with zero attached hydrogens (tertiary/aromatic N) is 1. The number of rotatable bonds is 6. The van der Waals surface area contributed by atoms with Gasteiger partial charge in [0.1, 0.15) is 58.5 Å². The molecule has 0 unspecified atom stereocenters. The van der Waals surface area contributed by atoms with Crippen molar-refractivity contribution in [3.63, 3.8) is 0 Å². The van der Waals surface area contributed by atoms with Crippen LogP contribution in [0.15, 0.2) is 67.0 Å². The zero-order valence-electron chi connectivity index (χ0n) is 30.0. The summed E-state index contributed by atoms with van der Waals surface area (Å²) in [6, 6.07) is 17.1. The third-order valence-electron chi connectivity index (χ3n) is 9.76. The molecule has 328 valence electrons. The molecule has 0 amide bonds. The summed E-state index contributed by atoms with van der Waals surface area (Å²) in [6.45, 7) is 0.553. The van der Waals surface area contributed by atoms with E-state index in [0.29, 0.717) is 12.1 Å². The predicted molar refractivity (Wildman–Crippen MR) is 179 cm³/mol. The van der Waals surface area contributed by atoms with Gasteiger partial charge in [0.2, 0.25) is 0 Å². The number of pyridine rings is 1. The molecule has 0 radical (unpaired) electrons. The molecule has 0 aliphatic heterocycles. The molecule has 6 aromatic carbocycles. The highest BCUT2D eigenvalue weighted by molar-refractivity contribution is 7.20. The lowest BCUT2D eigenvalue weighted by molar-refractivity contribution is -0.687. The van der Waals surface area contributed by atoms with Crippen LogP contribution in [0.3, 0.4) is 0 Å². The van der Waals surface area contributed by atoms with E-state index in [-0.39, 0.29) is 5.82 Å². The lowest BCUT2D eigenvalue weighted by Gasteiger charge is -2.44. The monoisotopic (exact) mass is 917 g/mol. The van der Waals surface area contributed by atoms with Crippen LogP contribution in [-0.2, 0) is 6.54 Å². The van der Waals surface area contributed by atoms with E-state index < -0.39 is 144 Å². The second-order valence-electron chi connectivity index (χ2n) is 13.1. The first kappa shape index (κ1) is 45.8. The Hall–Kier alpha value is -6.68. The fraction of sp³-hybridized carbons (Fsp3) is 0.0250. The second-order valence-corrected chi connectivity index (χ2v) is 13.1. The van der Waals surface area contributed by atoms with Gasteiger partial charge >= 0.3 is 0 Å². The van der Waals surface area contributed by atoms with Crippen LogP contribution in [-0.4, -0.2) is 6.15 Å². The van der Waals surface area contributed by atoms with Crippen molar-refractivity contribution in [2.24, 2.45) is 0 Å². The fourth-order valence-electron chi connectivity index (χ4n) is 6.97. The maximum Gasteiger partial charge on any atom is 0.200 e. The molecular formula is C40H13BF21N. The first-order chi connectivity index (χ1) is 29.5. The van der Waals surface area contributed by atoms with Crippen molar-refractivity contribution in [2.45, 2.75) is 6.54 Å². The van der Waals surface area contributed by atoms with E-state index in [1.54, 1.807) is 6.07 Å². The van der Waals surface area contributed by atoms with Crippen LogP contribution >= 0.6 is 0 Å². The van der Waals surface area contributed by atoms with Crippen molar-refractivity contribution in [3.05, 3.63) is 195 Å². The van der Waals surface area contributed by atoms with Gasteiger partial charge in [-0.25, -0.2) is 96.8 Å². The second kappa shape index (κ2) is 16.9. The highest BCUT2D eigenvalue weighted by Gasteiger charge is 2.52. The van der Waals surface area contributed by atoms with E-state index in [9.17, 15) is 57.1 Å². The van der Waals surface area contributed by atoms with Crippen LogP contribution in [0.2, 0.25) is 0 Å². The number of hydrogen-bond donors (Lipinski definition) is 0. The summed E-state index contributed by atoms with van der Waals surface area (Å²) >= 11 is 0. The van der Waals surface area contributed by atoms with Crippen LogP contribution in [0, 0.1) is 122 Å². The summed E-state index contributed by atoms with van der Waals surface area (Å²) in [6.07, 6.45) is -3.19. The molecule has 1 heterocycles. The molecule has 63 heavy (non-hydrogen) atoms. The molecule has 7 rings (SSSR count). The van der Waals surface area contributed by atoms with Crippen LogP contribution < -0.4 is 26.4 Å². The largest absolute Gasteiger partial charge is 0.207 e. The summed E-state index contributed by atoms with van der Waals surface area (Å²) < 4.78 is 310. The van der Waals surface area contributed by atoms with Gasteiger partial charge in [0.15, 0.2) is 88.7 Å². The van der Waals surface area contributed by atoms with Gasteiger partial charge in [0, 0.05) is 11.5 Å². The molecule has 0 fully saturated rings. The van der Waals surface area contributed by atoms with Gasteiger partial charge < -0.3 is 0 Å². The first-order valence-electron chi connectivity index (χ1n) is 16.9. The van der Waals surface area contributed by atoms with Crippen LogP contribution in [0.1, 0.15) is 5.56 Å². The minimum absolute atomic E-state index is 0.154. The molecule has 0 N–H and O–H groups in total. The molecular weight excluding hydrogens is 904 g/mol. The molecule has 23 heteroatoms. The quantitative estimate of drug-likeness (QED) is 0.0516. The Morgan fingerprint density at radius 2 is 0.571 bits per heavy atom. The summed E-state index contributed by atoms with van der Waals surface area (Å²) in [5, 5.41) is 2.36. The minimum Gasteiger partial charge on any atom is -0.207 e. The zero-order chi connectivity index (χ0) is 46.7. The van der Waals surface area contributed by atoms with Gasteiger partial charge in [-0.2, -0.15) is 0 Å². The van der Waals surface area contributed by atoms with Crippen molar-refractivity contribution in [3.8, 4) is 0 Å². The maximum absolute atomic E-state index is 15.4. The Balaban J connectivity index is 0.000000302. The summed E-state index contributed by atoms with van der Waals surface area (Å²) in [5.74, 6) is -71.6. The number of aromatic nitrogens is 1. The predicted octanol–water partition coefficient (Wildman–Crippen LogP) is 9.16. The van der Waals surface area contributed by atoms with Gasteiger partial charge in [-0.15, -0.1) is 21.9 Å². The number of hydrogen-bond acceptors (Lipinski definition) is 0. The average molecular weight is 917 g/mol. The Bertz CT molecular complexity index is 2630. The van der Waals surface area contributed by atoms with E-state index in [1.165, 1.54) is 11.5 Å². The van der Waals surface area contributed by atoms with Crippen molar-refractivity contribution in [1.82, 2.24) is 0 Å². The average Bonchev–Trinajstić information content (AvgIpc) is 3.27. The standard InChI is InChI=1S/C24BF20.C16H13FN/c26-5-1(6(27)14(35)21(42)13(5)34)25(2-7(28)15(36)22(43)16(37)8(2)29,3-9(30)17(38)23(44)18(39)10(3)31)4-11(32)19(40)24(45)20(41)12(4)33;17-16-8-4-3-7-15(16)12-18-10-9-13-5-1-2-6-14(13)11-18/h;1-11H,12H2/q-1;+1. The molecule has 0 bridgehead atoms. The Morgan fingerprint density at radius 3 is 0.889 bits per heavy atom. The van der Waals surface area contributed by atoms with Crippen molar-refractivity contribution in [2.75, 3.05) is 0 Å². The minimum atomic E-state index is -7.22. The topological polar surface area (TPSA) is 3.88 Å². The molecule has 0 atom stereocenters. The lowest BCUT2D eigenvalue weighted by Crippen LogP contribution is -2.81. The Morgan fingerprint density at radius 1 is 0.302 bits per heavy atom. The van der Waals surface area contributed by atoms with Gasteiger partial charge in [-0.3, -0.25) is 0 Å². The van der Waals surface area contributed by atoms with Gasteiger partial charge in [0.25, 0.3) is 0 Å². The first-order valence-corrected chi connectivity index (χ1v) is 16.9. The van der Waals surface area contributed by atoms with Gasteiger partial charge in [-0.05, 0) is 23.6 Å². The van der Waals surface area contributed by atoms with Crippen LogP contribution in [0.4, 0.5) is 92.2 Å². The highest BCUT2D eigenvalue weighted by atomic mass is 19.2. The van der Waals surface area contributed by atoms with Crippen LogP contribution in [0.5, 0.6) is 0 Å². The van der Waals surface area contributed by atoms with Crippen LogP contribution in [0.25, 0.3) is 10.8 Å². The van der Waals surface area contributed by atoms with Gasteiger partial charge in [0.05, 0.1) is 5.56 Å². The molecule has 0 saturated carbocycles. The number of fused-ring (bicyclic) bond motifs is 1. The van der Waals surface area contributed by atoms with Crippen molar-refractivity contribution >= 4 is 38.8 Å². The van der Waals surface area contributed by atoms with Crippen molar-refractivity contribution < 1.29 is 96.8 Å². The smallest absolute Gasteiger partial charge is 0.200 e. The summed E-state index contributed by atoms with van der Waals surface area (Å²) in [7, 11) is 0. The summed E-state index contributed by atoms with van der Waals surface area (Å²) in [5.41, 5.74) is -13.6. The molecule has 7 aromatic rings. The van der Waals surface area contributed by atoms with Gasteiger partial charge in [-0.1, -0.05) is 30.3 Å². The third kappa shape index (κ3) is 7.15. The highest BCUT2D eigenvalue weighted by Crippen LogP contribution is 2.31. The molecule has 0 aliphatic carbocycles. The number of benzene rings is 6. The Kier molecular flexibility index (Phi) is 12.3. The molecule has 1 nitrogen and oxygen atoms in total. The third-order valence-corrected chi connectivity index (χ3v) is 9.76. The van der Waals surface area contributed by atoms with E-state index in [2.05, 4.69) is 18.2 Å².